The van der Waals surface area contributed by atoms with Crippen LogP contribution in [0.15, 0.2) is 18.2 Å². The van der Waals surface area contributed by atoms with Gasteiger partial charge in [-0.25, -0.2) is 4.79 Å². The molecule has 3 nitrogen and oxygen atoms in total. The van der Waals surface area contributed by atoms with Gasteiger partial charge in [-0.3, -0.25) is 0 Å². The molecule has 1 aromatic carbocycles. The lowest BCUT2D eigenvalue weighted by molar-refractivity contribution is 0.0983. The van der Waals surface area contributed by atoms with Crippen molar-refractivity contribution in [3.8, 4) is 5.75 Å². The Balaban J connectivity index is 2.76. The van der Waals surface area contributed by atoms with Gasteiger partial charge in [0, 0.05) is 0 Å². The summed E-state index contributed by atoms with van der Waals surface area (Å²) >= 11 is 1.99. The van der Waals surface area contributed by atoms with Gasteiger partial charge in [-0.05, 0) is 54.5 Å². The maximum Gasteiger partial charge on any atom is 0.514 e. The standard InChI is InChI=1S/C11H13IO3/c1-7-5-4-6-8(2)10(7)15-11(13)14-9(3)12/h4-6,9H,1-3H3. The predicted octanol–water partition coefficient (Wildman–Crippen LogP) is 3.60. The van der Waals surface area contributed by atoms with Gasteiger partial charge in [-0.15, -0.1) is 0 Å². The van der Waals surface area contributed by atoms with Gasteiger partial charge in [0.15, 0.2) is 4.11 Å². The van der Waals surface area contributed by atoms with E-state index in [2.05, 4.69) is 0 Å². The SMILES string of the molecule is Cc1cccc(C)c1OC(=O)OC(C)I. The summed E-state index contributed by atoms with van der Waals surface area (Å²) < 4.78 is 9.82. The molecule has 1 aromatic rings. The lowest BCUT2D eigenvalue weighted by Gasteiger charge is -2.11. The molecule has 1 unspecified atom stereocenters. The molecule has 0 aliphatic carbocycles. The monoisotopic (exact) mass is 320 g/mol. The van der Waals surface area contributed by atoms with E-state index >= 15 is 0 Å². The number of benzene rings is 1. The van der Waals surface area contributed by atoms with Crippen LogP contribution in [0.3, 0.4) is 0 Å². The molecule has 15 heavy (non-hydrogen) atoms. The number of ether oxygens (including phenoxy) is 2. The fourth-order valence-electron chi connectivity index (χ4n) is 1.20. The van der Waals surface area contributed by atoms with Crippen LogP contribution in [-0.2, 0) is 4.74 Å². The van der Waals surface area contributed by atoms with Crippen molar-refractivity contribution in [3.05, 3.63) is 29.3 Å². The fourth-order valence-corrected chi connectivity index (χ4v) is 1.41. The quantitative estimate of drug-likeness (QED) is 0.361. The lowest BCUT2D eigenvalue weighted by atomic mass is 10.1. The van der Waals surface area contributed by atoms with E-state index < -0.39 is 6.16 Å². The molecule has 0 aliphatic rings. The number of para-hydroxylation sites is 1. The molecule has 1 rings (SSSR count). The number of alkyl halides is 1. The van der Waals surface area contributed by atoms with Crippen LogP contribution in [0.1, 0.15) is 18.1 Å². The first-order valence-electron chi connectivity index (χ1n) is 4.59. The Hall–Kier alpha value is -0.780. The second-order valence-corrected chi connectivity index (χ2v) is 4.99. The van der Waals surface area contributed by atoms with Crippen molar-refractivity contribution in [2.24, 2.45) is 0 Å². The average Bonchev–Trinajstić information content (AvgIpc) is 2.10. The van der Waals surface area contributed by atoms with Gasteiger partial charge in [0.25, 0.3) is 0 Å². The lowest BCUT2D eigenvalue weighted by Crippen LogP contribution is -2.14. The molecule has 0 bridgehead atoms. The number of carbonyl (C=O) groups excluding carboxylic acids is 1. The van der Waals surface area contributed by atoms with Gasteiger partial charge in [-0.2, -0.15) is 0 Å². The van der Waals surface area contributed by atoms with Crippen molar-refractivity contribution < 1.29 is 14.3 Å². The van der Waals surface area contributed by atoms with Gasteiger partial charge in [0.05, 0.1) is 0 Å². The molecule has 0 saturated carbocycles. The normalized spacial score (nSPS) is 12.0. The summed E-state index contributed by atoms with van der Waals surface area (Å²) in [6, 6.07) is 5.70. The molecular weight excluding hydrogens is 307 g/mol. The Bertz CT molecular complexity index is 341. The highest BCUT2D eigenvalue weighted by molar-refractivity contribution is 14.1. The zero-order valence-electron chi connectivity index (χ0n) is 8.91. The molecule has 0 saturated heterocycles. The van der Waals surface area contributed by atoms with Crippen molar-refractivity contribution in [1.82, 2.24) is 0 Å². The van der Waals surface area contributed by atoms with Gasteiger partial charge >= 0.3 is 6.16 Å². The molecule has 1 atom stereocenters. The Morgan fingerprint density at radius 3 is 2.33 bits per heavy atom. The van der Waals surface area contributed by atoms with Crippen molar-refractivity contribution in [1.29, 1.82) is 0 Å². The van der Waals surface area contributed by atoms with Crippen molar-refractivity contribution in [2.75, 3.05) is 0 Å². The third-order valence-electron chi connectivity index (χ3n) is 1.85. The van der Waals surface area contributed by atoms with Crippen LogP contribution in [-0.4, -0.2) is 10.3 Å². The van der Waals surface area contributed by atoms with E-state index in [1.54, 1.807) is 6.92 Å². The number of carbonyl (C=O) groups is 1. The van der Waals surface area contributed by atoms with E-state index in [9.17, 15) is 4.79 Å². The average molecular weight is 320 g/mol. The summed E-state index contributed by atoms with van der Waals surface area (Å²) in [7, 11) is 0. The minimum Gasteiger partial charge on any atom is -0.420 e. The van der Waals surface area contributed by atoms with Crippen LogP contribution in [0.25, 0.3) is 0 Å². The molecule has 0 aromatic heterocycles. The van der Waals surface area contributed by atoms with Crippen LogP contribution in [0.2, 0.25) is 0 Å². The molecule has 0 N–H and O–H groups in total. The summed E-state index contributed by atoms with van der Waals surface area (Å²) in [6.07, 6.45) is -0.658. The largest absolute Gasteiger partial charge is 0.514 e. The van der Waals surface area contributed by atoms with E-state index in [0.717, 1.165) is 11.1 Å². The first-order valence-corrected chi connectivity index (χ1v) is 5.84. The summed E-state index contributed by atoms with van der Waals surface area (Å²) in [5.74, 6) is 0.583. The zero-order chi connectivity index (χ0) is 11.4. The molecule has 0 heterocycles. The molecule has 0 radical (unpaired) electrons. The molecule has 0 amide bonds. The van der Waals surface area contributed by atoms with Crippen LogP contribution in [0, 0.1) is 13.8 Å². The van der Waals surface area contributed by atoms with Crippen molar-refractivity contribution >= 4 is 28.7 Å². The van der Waals surface area contributed by atoms with Crippen molar-refractivity contribution in [2.45, 2.75) is 24.9 Å². The maximum atomic E-state index is 11.3. The third-order valence-corrected chi connectivity index (χ3v) is 2.11. The highest BCUT2D eigenvalue weighted by Crippen LogP contribution is 2.23. The van der Waals surface area contributed by atoms with Gasteiger partial charge in [0.1, 0.15) is 5.75 Å². The minimum absolute atomic E-state index is 0.195. The first-order chi connectivity index (χ1) is 7.00. The summed E-state index contributed by atoms with van der Waals surface area (Å²) in [5.41, 5.74) is 1.85. The highest BCUT2D eigenvalue weighted by atomic mass is 127. The Labute approximate surface area is 103 Å². The van der Waals surface area contributed by atoms with Gasteiger partial charge in [0.2, 0.25) is 0 Å². The maximum absolute atomic E-state index is 11.3. The smallest absolute Gasteiger partial charge is 0.420 e. The predicted molar refractivity (Wildman–Crippen MR) is 66.5 cm³/mol. The van der Waals surface area contributed by atoms with E-state index in [1.165, 1.54) is 0 Å². The molecular formula is C11H13IO3. The van der Waals surface area contributed by atoms with Crippen LogP contribution >= 0.6 is 22.6 Å². The summed E-state index contributed by atoms with van der Waals surface area (Å²) in [6.45, 7) is 5.55. The molecule has 82 valence electrons. The van der Waals surface area contributed by atoms with E-state index in [-0.39, 0.29) is 4.11 Å². The topological polar surface area (TPSA) is 35.5 Å². The number of hydrogen-bond acceptors (Lipinski definition) is 3. The second-order valence-electron chi connectivity index (χ2n) is 3.23. The Morgan fingerprint density at radius 2 is 1.87 bits per heavy atom. The van der Waals surface area contributed by atoms with E-state index in [1.807, 2.05) is 54.6 Å². The van der Waals surface area contributed by atoms with E-state index in [0.29, 0.717) is 5.75 Å². The summed E-state index contributed by atoms with van der Waals surface area (Å²) in [5, 5.41) is 0. The fraction of sp³-hybridized carbons (Fsp3) is 0.364. The van der Waals surface area contributed by atoms with Gasteiger partial charge < -0.3 is 9.47 Å². The van der Waals surface area contributed by atoms with Crippen LogP contribution in [0.5, 0.6) is 5.75 Å². The number of halogens is 1. The number of rotatable bonds is 2. The van der Waals surface area contributed by atoms with Crippen LogP contribution < -0.4 is 4.74 Å². The van der Waals surface area contributed by atoms with Crippen LogP contribution in [0.4, 0.5) is 4.79 Å². The molecule has 0 aliphatic heterocycles. The zero-order valence-corrected chi connectivity index (χ0v) is 11.1. The number of aryl methyl sites for hydroxylation is 2. The summed E-state index contributed by atoms with van der Waals surface area (Å²) in [4.78, 5) is 11.3. The van der Waals surface area contributed by atoms with Gasteiger partial charge in [-0.1, -0.05) is 18.2 Å². The minimum atomic E-state index is -0.658. The molecule has 4 heteroatoms. The third kappa shape index (κ3) is 3.70. The number of hydrogen-bond donors (Lipinski definition) is 0. The Morgan fingerprint density at radius 1 is 1.33 bits per heavy atom. The first kappa shape index (κ1) is 12.3. The van der Waals surface area contributed by atoms with E-state index in [4.69, 9.17) is 9.47 Å². The highest BCUT2D eigenvalue weighted by Gasteiger charge is 2.12. The van der Waals surface area contributed by atoms with Crippen molar-refractivity contribution in [3.63, 3.8) is 0 Å². The molecule has 0 fully saturated rings. The Kier molecular flexibility index (Phi) is 4.38. The molecule has 0 spiro atoms. The second kappa shape index (κ2) is 5.34.